The smallest absolute Gasteiger partial charge is 0.323 e. The molecule has 0 saturated carbocycles. The van der Waals surface area contributed by atoms with E-state index in [9.17, 15) is 4.79 Å². The van der Waals surface area contributed by atoms with Crippen molar-refractivity contribution >= 4 is 52.9 Å². The summed E-state index contributed by atoms with van der Waals surface area (Å²) in [6.45, 7) is 10.8. The molecule has 5 rings (SSSR count). The summed E-state index contributed by atoms with van der Waals surface area (Å²) in [5.41, 5.74) is 3.07. The zero-order valence-electron chi connectivity index (χ0n) is 27.1. The molecule has 0 aliphatic heterocycles. The number of methoxy groups -OCH3 is 2. The van der Waals surface area contributed by atoms with Gasteiger partial charge in [0.1, 0.15) is 28.8 Å². The molecule has 11 heteroatoms. The van der Waals surface area contributed by atoms with Gasteiger partial charge in [-0.2, -0.15) is 0 Å². The van der Waals surface area contributed by atoms with Crippen molar-refractivity contribution in [2.45, 2.75) is 26.2 Å². The van der Waals surface area contributed by atoms with Gasteiger partial charge in [-0.25, -0.2) is 9.78 Å². The third kappa shape index (κ3) is 7.83. The van der Waals surface area contributed by atoms with Gasteiger partial charge in [-0.15, -0.1) is 0 Å². The molecule has 0 bridgehead atoms. The van der Waals surface area contributed by atoms with E-state index in [1.165, 1.54) is 0 Å². The normalized spacial score (nSPS) is 11.0. The van der Waals surface area contributed by atoms with E-state index in [4.69, 9.17) is 14.2 Å². The van der Waals surface area contributed by atoms with E-state index in [2.05, 4.69) is 66.1 Å². The molecule has 46 heavy (non-hydrogen) atoms. The number of hydrogen-bond donors (Lipinski definition) is 3. The minimum Gasteiger partial charge on any atom is -0.495 e. The third-order valence-corrected chi connectivity index (χ3v) is 8.48. The minimum atomic E-state index is -0.467. The summed E-state index contributed by atoms with van der Waals surface area (Å²) in [5, 5.41) is 12.1. The lowest BCUT2D eigenvalue weighted by Gasteiger charge is -2.25. The molecule has 246 valence electrons. The Balaban J connectivity index is 0.00000300. The summed E-state index contributed by atoms with van der Waals surface area (Å²) < 4.78 is 17.4. The van der Waals surface area contributed by atoms with Crippen molar-refractivity contribution in [3.05, 3.63) is 90.9 Å². The number of nitrogens with zero attached hydrogens (tertiary/aromatic N) is 2. The summed E-state index contributed by atoms with van der Waals surface area (Å²) in [4.78, 5) is 22.0. The molecule has 3 aromatic carbocycles. The topological polar surface area (TPSA) is 138 Å². The number of amides is 2. The van der Waals surface area contributed by atoms with Crippen molar-refractivity contribution in [3.8, 4) is 23.0 Å². The molecular formula is C35H46N5O5P. The van der Waals surface area contributed by atoms with Crippen LogP contribution in [0.3, 0.4) is 0 Å². The molecule has 0 atom stereocenters. The van der Waals surface area contributed by atoms with Crippen LogP contribution in [0.4, 0.5) is 27.7 Å². The van der Waals surface area contributed by atoms with Gasteiger partial charge in [-0.1, -0.05) is 53.0 Å². The molecule has 0 aliphatic carbocycles. The van der Waals surface area contributed by atoms with Gasteiger partial charge in [0.25, 0.3) is 0 Å². The van der Waals surface area contributed by atoms with E-state index in [0.717, 1.165) is 27.3 Å². The van der Waals surface area contributed by atoms with Gasteiger partial charge in [0.05, 0.1) is 43.7 Å². The number of ether oxygens (including phenoxy) is 3. The predicted octanol–water partition coefficient (Wildman–Crippen LogP) is 8.40. The number of carbonyl (C=O) groups is 1. The lowest BCUT2D eigenvalue weighted by Crippen LogP contribution is -2.23. The summed E-state index contributed by atoms with van der Waals surface area (Å²) in [6.07, 6.45) is 4.99. The lowest BCUT2D eigenvalue weighted by molar-refractivity contribution is 0.262. The van der Waals surface area contributed by atoms with Gasteiger partial charge in [0.15, 0.2) is 0 Å². The Kier molecular flexibility index (Phi) is 10.7. The van der Waals surface area contributed by atoms with Gasteiger partial charge in [0.2, 0.25) is 0 Å². The first-order valence-corrected chi connectivity index (χ1v) is 16.7. The van der Waals surface area contributed by atoms with Crippen molar-refractivity contribution in [1.29, 1.82) is 0 Å². The summed E-state index contributed by atoms with van der Waals surface area (Å²) >= 11 is 0. The Morgan fingerprint density at radius 2 is 1.59 bits per heavy atom. The van der Waals surface area contributed by atoms with Crippen LogP contribution in [-0.4, -0.2) is 49.0 Å². The minimum absolute atomic E-state index is 0. The van der Waals surface area contributed by atoms with E-state index in [1.807, 2.05) is 48.5 Å². The largest absolute Gasteiger partial charge is 0.495 e. The second kappa shape index (κ2) is 14.5. The maximum absolute atomic E-state index is 13.4. The monoisotopic (exact) mass is 647 g/mol. The van der Waals surface area contributed by atoms with Crippen molar-refractivity contribution < 1.29 is 28.8 Å². The molecule has 0 radical (unpaired) electrons. The number of hydrogen-bond acceptors (Lipinski definition) is 7. The maximum Gasteiger partial charge on any atom is 0.323 e. The van der Waals surface area contributed by atoms with E-state index < -0.39 is 7.92 Å². The number of fused-ring (bicyclic) bond motifs is 1. The second-order valence-corrected chi connectivity index (χ2v) is 13.9. The highest BCUT2D eigenvalue weighted by Crippen LogP contribution is 2.39. The highest BCUT2D eigenvalue weighted by molar-refractivity contribution is 7.64. The van der Waals surface area contributed by atoms with E-state index >= 15 is 0 Å². The first-order valence-electron chi connectivity index (χ1n) is 14.5. The first kappa shape index (κ1) is 34.0. The molecule has 5 N–H and O–H groups in total. The zero-order chi connectivity index (χ0) is 32.1. The molecule has 0 fully saturated rings. The number of rotatable bonds is 9. The average molecular weight is 648 g/mol. The maximum atomic E-state index is 13.4. The SMILES string of the molecule is COc1cncc(Nc2cc(Oc3ccc(NC(=O)Nc4cc(C(C)(C)C)cc(P(C)C)c4OC)c4ccccc34)ccn2)c1.O.[HH].[HH].[HH]. The number of urea groups is 1. The molecule has 0 saturated heterocycles. The van der Waals surface area contributed by atoms with E-state index in [0.29, 0.717) is 40.2 Å². The number of nitrogens with one attached hydrogen (secondary N) is 3. The molecule has 2 amide bonds. The van der Waals surface area contributed by atoms with Crippen LogP contribution in [0.15, 0.2) is 85.3 Å². The number of pyridine rings is 2. The number of benzene rings is 3. The van der Waals surface area contributed by atoms with Gasteiger partial charge >= 0.3 is 6.03 Å². The number of anilines is 4. The van der Waals surface area contributed by atoms with Crippen LogP contribution in [0.5, 0.6) is 23.0 Å². The van der Waals surface area contributed by atoms with Crippen LogP contribution in [0.1, 0.15) is 30.6 Å². The summed E-state index contributed by atoms with van der Waals surface area (Å²) in [6, 6.07) is 20.7. The molecule has 10 nitrogen and oxygen atoms in total. The van der Waals surface area contributed by atoms with E-state index in [-0.39, 0.29) is 21.2 Å². The van der Waals surface area contributed by atoms with Crippen molar-refractivity contribution in [1.82, 2.24) is 9.97 Å². The highest BCUT2D eigenvalue weighted by Gasteiger charge is 2.22. The Morgan fingerprint density at radius 3 is 2.28 bits per heavy atom. The molecule has 0 spiro atoms. The lowest BCUT2D eigenvalue weighted by atomic mass is 9.86. The van der Waals surface area contributed by atoms with Crippen LogP contribution in [0, 0.1) is 0 Å². The van der Waals surface area contributed by atoms with Gasteiger partial charge in [-0.05, 0) is 54.6 Å². The Labute approximate surface area is 275 Å². The van der Waals surface area contributed by atoms with Crippen LogP contribution >= 0.6 is 7.92 Å². The summed E-state index contributed by atoms with van der Waals surface area (Å²) in [5.74, 6) is 3.16. The van der Waals surface area contributed by atoms with Crippen LogP contribution in [0.2, 0.25) is 0 Å². The molecule has 0 aliphatic rings. The Morgan fingerprint density at radius 1 is 0.848 bits per heavy atom. The fourth-order valence-electron chi connectivity index (χ4n) is 4.85. The van der Waals surface area contributed by atoms with Crippen LogP contribution in [0.25, 0.3) is 10.8 Å². The molecule has 2 aromatic heterocycles. The van der Waals surface area contributed by atoms with Crippen LogP contribution < -0.4 is 35.5 Å². The number of carbonyl (C=O) groups excluding carboxylic acids is 1. The fraction of sp³-hybridized carbons (Fsp3) is 0.229. The Hall–Kier alpha value is -4.92. The predicted molar refractivity (Wildman–Crippen MR) is 195 cm³/mol. The van der Waals surface area contributed by atoms with Gasteiger partial charge in [0, 0.05) is 38.7 Å². The van der Waals surface area contributed by atoms with Crippen molar-refractivity contribution in [2.24, 2.45) is 0 Å². The molecule has 5 aromatic rings. The zero-order valence-corrected chi connectivity index (χ0v) is 28.0. The number of aromatic nitrogens is 2. The molecule has 0 unspecified atom stereocenters. The first-order chi connectivity index (χ1) is 21.5. The van der Waals surface area contributed by atoms with Gasteiger partial charge < -0.3 is 35.6 Å². The van der Waals surface area contributed by atoms with Gasteiger partial charge in [-0.3, -0.25) is 4.98 Å². The molecule has 2 heterocycles. The summed E-state index contributed by atoms with van der Waals surface area (Å²) in [7, 11) is 2.77. The van der Waals surface area contributed by atoms with Crippen molar-refractivity contribution in [2.75, 3.05) is 43.5 Å². The third-order valence-electron chi connectivity index (χ3n) is 7.18. The molecular weight excluding hydrogens is 601 g/mol. The standard InChI is InChI=1S/C35H38N5O4P.H2O.3H2/c1-35(2,3)22-16-29(33(43-5)31(17-22)45(6)7)40-34(41)39-28-12-13-30(27-11-9-8-10-26(27)28)44-24-14-15-37-32(19-24)38-23-18-25(42-4)21-36-20-23;;;;/h8-21H,1-7H3,(H,37,38)(H2,39,40,41);1H2;3*1H. The fourth-order valence-corrected chi connectivity index (χ4v) is 5.86. The highest BCUT2D eigenvalue weighted by atomic mass is 31.1. The van der Waals surface area contributed by atoms with Crippen molar-refractivity contribution in [3.63, 3.8) is 0 Å². The second-order valence-electron chi connectivity index (χ2n) is 11.7. The quantitative estimate of drug-likeness (QED) is 0.137. The van der Waals surface area contributed by atoms with Crippen LogP contribution in [-0.2, 0) is 5.41 Å². The van der Waals surface area contributed by atoms with E-state index in [1.54, 1.807) is 44.9 Å². The Bertz CT molecular complexity index is 1860. The average Bonchev–Trinajstić information content (AvgIpc) is 3.01.